The van der Waals surface area contributed by atoms with Crippen LogP contribution in [0.4, 0.5) is 4.79 Å². The quantitative estimate of drug-likeness (QED) is 0.716. The molecule has 0 radical (unpaired) electrons. The first kappa shape index (κ1) is 16.9. The molecule has 0 aliphatic heterocycles. The third kappa shape index (κ3) is 6.74. The molecule has 0 spiro atoms. The van der Waals surface area contributed by atoms with E-state index in [2.05, 4.69) is 20.9 Å². The smallest absolute Gasteiger partial charge is 0.315 e. The van der Waals surface area contributed by atoms with Gasteiger partial charge < -0.3 is 16.0 Å². The van der Waals surface area contributed by atoms with Gasteiger partial charge in [0.2, 0.25) is 5.91 Å². The van der Waals surface area contributed by atoms with Crippen LogP contribution in [0.25, 0.3) is 0 Å². The molecular formula is C15H24N4O2. The summed E-state index contributed by atoms with van der Waals surface area (Å²) >= 11 is 0. The molecule has 0 saturated heterocycles. The van der Waals surface area contributed by atoms with Gasteiger partial charge in [-0.2, -0.15) is 0 Å². The lowest BCUT2D eigenvalue weighted by Crippen LogP contribution is -2.40. The van der Waals surface area contributed by atoms with Crippen LogP contribution in [0.1, 0.15) is 45.3 Å². The minimum absolute atomic E-state index is 0.0533. The third-order valence-corrected chi connectivity index (χ3v) is 3.14. The number of urea groups is 1. The highest BCUT2D eigenvalue weighted by Crippen LogP contribution is 2.06. The molecule has 1 rings (SSSR count). The maximum Gasteiger partial charge on any atom is 0.315 e. The summed E-state index contributed by atoms with van der Waals surface area (Å²) in [5, 5.41) is 8.29. The summed E-state index contributed by atoms with van der Waals surface area (Å²) in [5.41, 5.74) is 0.794. The number of hydrogen-bond donors (Lipinski definition) is 3. The normalized spacial score (nSPS) is 13.1. The Hall–Kier alpha value is -2.11. The molecule has 116 valence electrons. The summed E-state index contributed by atoms with van der Waals surface area (Å²) in [6.07, 6.45) is 2.85. The monoisotopic (exact) mass is 292 g/mol. The second kappa shape index (κ2) is 8.94. The molecule has 2 atom stereocenters. The van der Waals surface area contributed by atoms with E-state index in [1.165, 1.54) is 0 Å². The van der Waals surface area contributed by atoms with E-state index in [1.54, 1.807) is 6.20 Å². The zero-order valence-corrected chi connectivity index (χ0v) is 12.8. The van der Waals surface area contributed by atoms with Gasteiger partial charge in [0.25, 0.3) is 0 Å². The van der Waals surface area contributed by atoms with Gasteiger partial charge in [-0.25, -0.2) is 4.79 Å². The van der Waals surface area contributed by atoms with E-state index < -0.39 is 0 Å². The van der Waals surface area contributed by atoms with Crippen LogP contribution in [0.2, 0.25) is 0 Å². The highest BCUT2D eigenvalue weighted by atomic mass is 16.2. The van der Waals surface area contributed by atoms with Gasteiger partial charge in [-0.3, -0.25) is 9.78 Å². The average Bonchev–Trinajstić information content (AvgIpc) is 2.47. The molecular weight excluding hydrogens is 268 g/mol. The molecule has 0 aliphatic rings. The fraction of sp³-hybridized carbons (Fsp3) is 0.533. The first-order valence-electron chi connectivity index (χ1n) is 7.27. The number of hydrogen-bond acceptors (Lipinski definition) is 3. The summed E-state index contributed by atoms with van der Waals surface area (Å²) in [7, 11) is 0. The van der Waals surface area contributed by atoms with Gasteiger partial charge in [-0.05, 0) is 32.4 Å². The molecule has 6 nitrogen and oxygen atoms in total. The second-order valence-corrected chi connectivity index (χ2v) is 5.00. The zero-order chi connectivity index (χ0) is 15.7. The number of nitrogens with one attached hydrogen (secondary N) is 3. The molecule has 0 unspecified atom stereocenters. The highest BCUT2D eigenvalue weighted by Gasteiger charge is 2.10. The molecule has 0 fully saturated rings. The summed E-state index contributed by atoms with van der Waals surface area (Å²) in [6, 6.07) is 5.23. The predicted molar refractivity (Wildman–Crippen MR) is 81.7 cm³/mol. The van der Waals surface area contributed by atoms with Gasteiger partial charge in [0.15, 0.2) is 0 Å². The lowest BCUT2D eigenvalue weighted by molar-refractivity contribution is -0.121. The van der Waals surface area contributed by atoms with Crippen molar-refractivity contribution in [1.29, 1.82) is 0 Å². The SMILES string of the molecule is CC[C@@H](C)NC(=O)CCNC(=O)N[C@H](C)c1ccccn1. The number of pyridine rings is 1. The molecule has 0 aliphatic carbocycles. The lowest BCUT2D eigenvalue weighted by Gasteiger charge is -2.14. The van der Waals surface area contributed by atoms with Crippen LogP contribution in [-0.2, 0) is 4.79 Å². The number of amides is 3. The van der Waals surface area contributed by atoms with Gasteiger partial charge in [-0.1, -0.05) is 13.0 Å². The second-order valence-electron chi connectivity index (χ2n) is 5.00. The Labute approximate surface area is 125 Å². The standard InChI is InChI=1S/C15H24N4O2/c1-4-11(2)18-14(20)8-10-17-15(21)19-12(3)13-7-5-6-9-16-13/h5-7,9,11-12H,4,8,10H2,1-3H3,(H,18,20)(H2,17,19,21)/t11-,12-/m1/s1. The van der Waals surface area contributed by atoms with Gasteiger partial charge in [0.1, 0.15) is 0 Å². The Bertz CT molecular complexity index is 450. The molecule has 0 bridgehead atoms. The van der Waals surface area contributed by atoms with Gasteiger partial charge in [0.05, 0.1) is 11.7 Å². The Balaban J connectivity index is 2.24. The highest BCUT2D eigenvalue weighted by molar-refractivity contribution is 5.78. The minimum atomic E-state index is -0.301. The van der Waals surface area contributed by atoms with Crippen molar-refractivity contribution in [1.82, 2.24) is 20.9 Å². The fourth-order valence-electron chi connectivity index (χ4n) is 1.69. The Morgan fingerprint density at radius 2 is 2.00 bits per heavy atom. The van der Waals surface area contributed by atoms with Gasteiger partial charge in [0, 0.05) is 25.2 Å². The maximum absolute atomic E-state index is 11.7. The summed E-state index contributed by atoms with van der Waals surface area (Å²) in [5.74, 6) is -0.0533. The fourth-order valence-corrected chi connectivity index (χ4v) is 1.69. The molecule has 21 heavy (non-hydrogen) atoms. The first-order valence-corrected chi connectivity index (χ1v) is 7.27. The molecule has 6 heteroatoms. The largest absolute Gasteiger partial charge is 0.354 e. The summed E-state index contributed by atoms with van der Waals surface area (Å²) in [6.45, 7) is 6.13. The minimum Gasteiger partial charge on any atom is -0.354 e. The Morgan fingerprint density at radius 3 is 2.62 bits per heavy atom. The molecule has 3 amide bonds. The van der Waals surface area contributed by atoms with Crippen molar-refractivity contribution in [2.24, 2.45) is 0 Å². The van der Waals surface area contributed by atoms with Gasteiger partial charge in [-0.15, -0.1) is 0 Å². The Kier molecular flexibility index (Phi) is 7.21. The molecule has 1 aromatic heterocycles. The van der Waals surface area contributed by atoms with Crippen LogP contribution >= 0.6 is 0 Å². The van der Waals surface area contributed by atoms with Crippen LogP contribution in [0.5, 0.6) is 0 Å². The van der Waals surface area contributed by atoms with E-state index in [1.807, 2.05) is 39.0 Å². The van der Waals surface area contributed by atoms with E-state index in [9.17, 15) is 9.59 Å². The molecule has 1 aromatic rings. The Morgan fingerprint density at radius 1 is 1.24 bits per heavy atom. The molecule has 0 aromatic carbocycles. The van der Waals surface area contributed by atoms with E-state index in [0.29, 0.717) is 6.54 Å². The van der Waals surface area contributed by atoms with E-state index >= 15 is 0 Å². The van der Waals surface area contributed by atoms with E-state index in [-0.39, 0.29) is 30.4 Å². The first-order chi connectivity index (χ1) is 10.0. The van der Waals surface area contributed by atoms with Crippen molar-refractivity contribution in [3.8, 4) is 0 Å². The number of carbonyl (C=O) groups is 2. The number of rotatable bonds is 7. The van der Waals surface area contributed by atoms with E-state index in [0.717, 1.165) is 12.1 Å². The average molecular weight is 292 g/mol. The molecule has 0 saturated carbocycles. The summed E-state index contributed by atoms with van der Waals surface area (Å²) in [4.78, 5) is 27.4. The van der Waals surface area contributed by atoms with Crippen LogP contribution in [0, 0.1) is 0 Å². The van der Waals surface area contributed by atoms with Crippen LogP contribution in [0.15, 0.2) is 24.4 Å². The van der Waals surface area contributed by atoms with Crippen molar-refractivity contribution in [2.45, 2.75) is 45.7 Å². The molecule has 1 heterocycles. The zero-order valence-electron chi connectivity index (χ0n) is 12.8. The van der Waals surface area contributed by atoms with Crippen molar-refractivity contribution < 1.29 is 9.59 Å². The molecule has 3 N–H and O–H groups in total. The summed E-state index contributed by atoms with van der Waals surface area (Å²) < 4.78 is 0. The van der Waals surface area contributed by atoms with Crippen molar-refractivity contribution in [2.75, 3.05) is 6.54 Å². The van der Waals surface area contributed by atoms with Crippen molar-refractivity contribution in [3.05, 3.63) is 30.1 Å². The van der Waals surface area contributed by atoms with Crippen molar-refractivity contribution >= 4 is 11.9 Å². The maximum atomic E-state index is 11.7. The third-order valence-electron chi connectivity index (χ3n) is 3.14. The number of carbonyl (C=O) groups excluding carboxylic acids is 2. The van der Waals surface area contributed by atoms with Crippen LogP contribution < -0.4 is 16.0 Å². The topological polar surface area (TPSA) is 83.1 Å². The van der Waals surface area contributed by atoms with E-state index in [4.69, 9.17) is 0 Å². The number of nitrogens with zero attached hydrogens (tertiary/aromatic N) is 1. The number of aromatic nitrogens is 1. The van der Waals surface area contributed by atoms with Crippen LogP contribution in [0.3, 0.4) is 0 Å². The van der Waals surface area contributed by atoms with Gasteiger partial charge >= 0.3 is 6.03 Å². The van der Waals surface area contributed by atoms with Crippen molar-refractivity contribution in [3.63, 3.8) is 0 Å². The predicted octanol–water partition coefficient (Wildman–Crippen LogP) is 1.75. The lowest BCUT2D eigenvalue weighted by atomic mass is 10.2. The van der Waals surface area contributed by atoms with Crippen LogP contribution in [-0.4, -0.2) is 29.5 Å².